The molecule has 170 valence electrons. The van der Waals surface area contributed by atoms with Crippen molar-refractivity contribution in [1.82, 2.24) is 10.2 Å². The number of anilines is 1. The van der Waals surface area contributed by atoms with Gasteiger partial charge in [0.1, 0.15) is 5.75 Å². The molecule has 1 amide bonds. The van der Waals surface area contributed by atoms with Crippen LogP contribution in [0.25, 0.3) is 0 Å². The van der Waals surface area contributed by atoms with Gasteiger partial charge in [-0.1, -0.05) is 24.3 Å². The second-order valence-electron chi connectivity index (χ2n) is 6.74. The van der Waals surface area contributed by atoms with Crippen molar-refractivity contribution in [1.29, 1.82) is 0 Å². The van der Waals surface area contributed by atoms with E-state index in [-0.39, 0.29) is 35.6 Å². The SMILES string of the molecule is CCNC(=NCCc1ccc(NC(C)=O)cc1)N(C)Cc1ccc(OC(F)F)cc1.I. The predicted molar refractivity (Wildman–Crippen MR) is 130 cm³/mol. The molecular weight excluding hydrogens is 517 g/mol. The minimum Gasteiger partial charge on any atom is -0.435 e. The zero-order valence-electron chi connectivity index (χ0n) is 17.9. The summed E-state index contributed by atoms with van der Waals surface area (Å²) < 4.78 is 28.9. The second kappa shape index (κ2) is 13.8. The quantitative estimate of drug-likeness (QED) is 0.276. The standard InChI is InChI=1S/C22H28F2N4O2.HI/c1-4-25-22(26-14-13-17-5-9-19(10-6-17)27-16(2)29)28(3)15-18-7-11-20(12-8-18)30-21(23)24;/h5-12,21H,4,13-15H2,1-3H3,(H,25,26)(H,27,29);1H. The van der Waals surface area contributed by atoms with E-state index in [1.54, 1.807) is 12.1 Å². The number of aliphatic imine (C=N–C) groups is 1. The molecule has 2 aromatic rings. The maximum absolute atomic E-state index is 12.3. The maximum Gasteiger partial charge on any atom is 0.387 e. The first-order valence-corrected chi connectivity index (χ1v) is 9.77. The Bertz CT molecular complexity index is 830. The molecule has 0 bridgehead atoms. The number of nitrogens with one attached hydrogen (secondary N) is 2. The van der Waals surface area contributed by atoms with Crippen LogP contribution in [0.3, 0.4) is 0 Å². The van der Waals surface area contributed by atoms with Crippen molar-refractivity contribution < 1.29 is 18.3 Å². The Balaban J connectivity index is 0.00000480. The Morgan fingerprint density at radius 2 is 1.71 bits per heavy atom. The van der Waals surface area contributed by atoms with E-state index < -0.39 is 6.61 Å². The van der Waals surface area contributed by atoms with E-state index in [2.05, 4.69) is 20.4 Å². The van der Waals surface area contributed by atoms with Gasteiger partial charge in [-0.2, -0.15) is 8.78 Å². The number of benzene rings is 2. The lowest BCUT2D eigenvalue weighted by molar-refractivity contribution is -0.114. The molecule has 0 saturated carbocycles. The molecule has 0 radical (unpaired) electrons. The smallest absolute Gasteiger partial charge is 0.387 e. The van der Waals surface area contributed by atoms with Crippen molar-refractivity contribution in [3.63, 3.8) is 0 Å². The van der Waals surface area contributed by atoms with Gasteiger partial charge in [-0.15, -0.1) is 24.0 Å². The largest absolute Gasteiger partial charge is 0.435 e. The van der Waals surface area contributed by atoms with Crippen LogP contribution in [0.4, 0.5) is 14.5 Å². The molecule has 9 heteroatoms. The Kier molecular flexibility index (Phi) is 11.8. The number of hydrogen-bond donors (Lipinski definition) is 2. The van der Waals surface area contributed by atoms with Crippen LogP contribution in [-0.2, 0) is 17.8 Å². The summed E-state index contributed by atoms with van der Waals surface area (Å²) in [5.41, 5.74) is 2.85. The average molecular weight is 546 g/mol. The molecule has 0 spiro atoms. The highest BCUT2D eigenvalue weighted by Crippen LogP contribution is 2.16. The number of alkyl halides is 2. The zero-order valence-corrected chi connectivity index (χ0v) is 20.2. The van der Waals surface area contributed by atoms with E-state index in [0.29, 0.717) is 13.1 Å². The van der Waals surface area contributed by atoms with Crippen LogP contribution in [0.5, 0.6) is 5.75 Å². The van der Waals surface area contributed by atoms with Crippen molar-refractivity contribution in [2.45, 2.75) is 33.4 Å². The van der Waals surface area contributed by atoms with Crippen LogP contribution in [0.15, 0.2) is 53.5 Å². The van der Waals surface area contributed by atoms with Crippen molar-refractivity contribution in [3.05, 3.63) is 59.7 Å². The van der Waals surface area contributed by atoms with Gasteiger partial charge in [0.05, 0.1) is 0 Å². The minimum atomic E-state index is -2.83. The highest BCUT2D eigenvalue weighted by Gasteiger charge is 2.08. The molecule has 31 heavy (non-hydrogen) atoms. The number of guanidine groups is 1. The number of hydrogen-bond acceptors (Lipinski definition) is 3. The lowest BCUT2D eigenvalue weighted by atomic mass is 10.1. The van der Waals surface area contributed by atoms with Gasteiger partial charge in [-0.05, 0) is 48.7 Å². The molecule has 0 unspecified atom stereocenters. The van der Waals surface area contributed by atoms with Crippen LogP contribution in [-0.4, -0.2) is 43.5 Å². The molecule has 2 aromatic carbocycles. The lowest BCUT2D eigenvalue weighted by Gasteiger charge is -2.22. The number of amides is 1. The second-order valence-corrected chi connectivity index (χ2v) is 6.74. The van der Waals surface area contributed by atoms with Crippen LogP contribution >= 0.6 is 24.0 Å². The highest BCUT2D eigenvalue weighted by atomic mass is 127. The first-order chi connectivity index (χ1) is 14.4. The number of carbonyl (C=O) groups is 1. The molecule has 0 aliphatic heterocycles. The van der Waals surface area contributed by atoms with E-state index >= 15 is 0 Å². The van der Waals surface area contributed by atoms with Crippen molar-refractivity contribution in [2.24, 2.45) is 4.99 Å². The fourth-order valence-corrected chi connectivity index (χ4v) is 2.84. The van der Waals surface area contributed by atoms with Gasteiger partial charge in [0.2, 0.25) is 5.91 Å². The fraction of sp³-hybridized carbons (Fsp3) is 0.364. The lowest BCUT2D eigenvalue weighted by Crippen LogP contribution is -2.38. The first kappa shape index (κ1) is 26.6. The number of rotatable bonds is 9. The third-order valence-corrected chi connectivity index (χ3v) is 4.20. The Labute approximate surface area is 199 Å². The topological polar surface area (TPSA) is 66.0 Å². The summed E-state index contributed by atoms with van der Waals surface area (Å²) in [7, 11) is 1.92. The van der Waals surface area contributed by atoms with Gasteiger partial charge in [0.25, 0.3) is 0 Å². The number of nitrogens with zero attached hydrogens (tertiary/aromatic N) is 2. The average Bonchev–Trinajstić information content (AvgIpc) is 2.69. The Morgan fingerprint density at radius 3 is 2.26 bits per heavy atom. The van der Waals surface area contributed by atoms with E-state index in [1.165, 1.54) is 19.1 Å². The molecule has 6 nitrogen and oxygen atoms in total. The summed E-state index contributed by atoms with van der Waals surface area (Å²) in [5.74, 6) is 0.809. The molecule has 2 N–H and O–H groups in total. The molecule has 0 atom stereocenters. The molecule has 0 aromatic heterocycles. The van der Waals surface area contributed by atoms with E-state index in [9.17, 15) is 13.6 Å². The van der Waals surface area contributed by atoms with Gasteiger partial charge in [0, 0.05) is 39.3 Å². The molecule has 0 aliphatic rings. The monoisotopic (exact) mass is 546 g/mol. The third kappa shape index (κ3) is 9.95. The molecular formula is C22H29F2IN4O2. The van der Waals surface area contributed by atoms with Gasteiger partial charge < -0.3 is 20.3 Å². The summed E-state index contributed by atoms with van der Waals surface area (Å²) in [6.45, 7) is 2.57. The summed E-state index contributed by atoms with van der Waals surface area (Å²) in [6, 6.07) is 14.3. The van der Waals surface area contributed by atoms with Gasteiger partial charge in [-0.3, -0.25) is 9.79 Å². The summed E-state index contributed by atoms with van der Waals surface area (Å²) in [4.78, 5) is 17.7. The fourth-order valence-electron chi connectivity index (χ4n) is 2.84. The van der Waals surface area contributed by atoms with Crippen LogP contribution in [0, 0.1) is 0 Å². The highest BCUT2D eigenvalue weighted by molar-refractivity contribution is 14.0. The van der Waals surface area contributed by atoms with E-state index in [4.69, 9.17) is 0 Å². The predicted octanol–water partition coefficient (Wildman–Crippen LogP) is 4.50. The maximum atomic E-state index is 12.3. The van der Waals surface area contributed by atoms with Gasteiger partial charge in [-0.25, -0.2) is 0 Å². The summed E-state index contributed by atoms with van der Waals surface area (Å²) in [5, 5.41) is 6.01. The van der Waals surface area contributed by atoms with E-state index in [0.717, 1.165) is 35.7 Å². The van der Waals surface area contributed by atoms with Gasteiger partial charge in [0.15, 0.2) is 5.96 Å². The normalized spacial score (nSPS) is 11.0. The first-order valence-electron chi connectivity index (χ1n) is 9.77. The van der Waals surface area contributed by atoms with Crippen LogP contribution < -0.4 is 15.4 Å². The number of halogens is 3. The van der Waals surface area contributed by atoms with E-state index in [1.807, 2.05) is 43.1 Å². The van der Waals surface area contributed by atoms with Crippen molar-refractivity contribution in [2.75, 3.05) is 25.5 Å². The van der Waals surface area contributed by atoms with Crippen LogP contribution in [0.1, 0.15) is 25.0 Å². The van der Waals surface area contributed by atoms with Crippen molar-refractivity contribution in [3.8, 4) is 5.75 Å². The molecule has 2 rings (SSSR count). The molecule has 0 saturated heterocycles. The summed E-state index contributed by atoms with van der Waals surface area (Å²) >= 11 is 0. The number of ether oxygens (including phenoxy) is 1. The Hall–Kier alpha value is -2.43. The van der Waals surface area contributed by atoms with Gasteiger partial charge >= 0.3 is 6.61 Å². The Morgan fingerprint density at radius 1 is 1.10 bits per heavy atom. The summed E-state index contributed by atoms with van der Waals surface area (Å²) in [6.07, 6.45) is 0.767. The van der Waals surface area contributed by atoms with Crippen molar-refractivity contribution >= 4 is 41.5 Å². The molecule has 0 heterocycles. The molecule has 0 fully saturated rings. The number of carbonyl (C=O) groups excluding carboxylic acids is 1. The zero-order chi connectivity index (χ0) is 21.9. The minimum absolute atomic E-state index is 0. The molecule has 0 aliphatic carbocycles. The van der Waals surface area contributed by atoms with Crippen LogP contribution in [0.2, 0.25) is 0 Å². The third-order valence-electron chi connectivity index (χ3n) is 4.20.